The highest BCUT2D eigenvalue weighted by Gasteiger charge is 2.13. The molecule has 0 fully saturated rings. The maximum absolute atomic E-state index is 11.3. The van der Waals surface area contributed by atoms with Crippen LogP contribution in [0.5, 0.6) is 0 Å². The molecule has 0 atom stereocenters. The van der Waals surface area contributed by atoms with Crippen LogP contribution in [0.25, 0.3) is 0 Å². The minimum absolute atomic E-state index is 0.0379. The Kier molecular flexibility index (Phi) is 4.25. The number of hydrogen-bond acceptors (Lipinski definition) is 6. The Hall–Kier alpha value is -2.57. The fraction of sp³-hybridized carbons (Fsp3) is 0.182. The maximum atomic E-state index is 11.3. The summed E-state index contributed by atoms with van der Waals surface area (Å²) >= 11 is 0. The molecule has 0 saturated carbocycles. The van der Waals surface area contributed by atoms with Gasteiger partial charge in [0.2, 0.25) is 0 Å². The molecule has 0 aliphatic carbocycles. The summed E-state index contributed by atoms with van der Waals surface area (Å²) in [5.74, 6) is -0.636. The molecular formula is C11H13N3O4. The molecule has 1 aromatic carbocycles. The first kappa shape index (κ1) is 13.5. The van der Waals surface area contributed by atoms with Gasteiger partial charge in [-0.15, -0.1) is 0 Å². The van der Waals surface area contributed by atoms with E-state index in [1.54, 1.807) is 6.92 Å². The van der Waals surface area contributed by atoms with E-state index in [-0.39, 0.29) is 29.4 Å². The van der Waals surface area contributed by atoms with E-state index in [0.29, 0.717) is 0 Å². The first-order chi connectivity index (χ1) is 8.45. The summed E-state index contributed by atoms with van der Waals surface area (Å²) in [7, 11) is 0. The number of carbonyl (C=O) groups is 1. The Morgan fingerprint density at radius 1 is 1.61 bits per heavy atom. The molecule has 7 heteroatoms. The lowest BCUT2D eigenvalue weighted by Gasteiger charge is -2.10. The van der Waals surface area contributed by atoms with E-state index in [1.807, 2.05) is 0 Å². The number of hydrogen-bond donors (Lipinski definition) is 2. The monoisotopic (exact) mass is 251 g/mol. The van der Waals surface area contributed by atoms with Crippen LogP contribution in [0.2, 0.25) is 0 Å². The highest BCUT2D eigenvalue weighted by Crippen LogP contribution is 2.25. The molecular weight excluding hydrogens is 238 g/mol. The van der Waals surface area contributed by atoms with Gasteiger partial charge in [-0.05, 0) is 13.0 Å². The van der Waals surface area contributed by atoms with Crippen LogP contribution in [0.3, 0.4) is 0 Å². The lowest BCUT2D eigenvalue weighted by Crippen LogP contribution is -2.14. The van der Waals surface area contributed by atoms with Crippen LogP contribution < -0.4 is 11.1 Å². The normalized spacial score (nSPS) is 9.61. The summed E-state index contributed by atoms with van der Waals surface area (Å²) in [6.45, 7) is 5.34. The number of carbonyl (C=O) groups excluding carboxylic acids is 1. The van der Waals surface area contributed by atoms with Crippen LogP contribution in [-0.2, 0) is 9.53 Å². The number of benzene rings is 1. The number of esters is 1. The summed E-state index contributed by atoms with van der Waals surface area (Å²) in [5, 5.41) is 13.2. The number of nitrogens with zero attached hydrogens (tertiary/aromatic N) is 1. The quantitative estimate of drug-likeness (QED) is 0.271. The standard InChI is InChI=1S/C11H13N3O4/c1-3-18-11(15)7(2)13-10-6-8(14(16)17)4-5-9(10)12/h4-6,13H,2-3,12H2,1H3. The fourth-order valence-electron chi connectivity index (χ4n) is 1.20. The zero-order valence-corrected chi connectivity index (χ0v) is 9.80. The molecule has 0 saturated heterocycles. The van der Waals surface area contributed by atoms with Gasteiger partial charge in [0.1, 0.15) is 5.70 Å². The third-order valence-electron chi connectivity index (χ3n) is 2.06. The number of nitro groups is 1. The zero-order chi connectivity index (χ0) is 13.7. The van der Waals surface area contributed by atoms with E-state index >= 15 is 0 Å². The van der Waals surface area contributed by atoms with Crippen molar-refractivity contribution in [1.82, 2.24) is 0 Å². The molecule has 7 nitrogen and oxygen atoms in total. The van der Waals surface area contributed by atoms with Crippen molar-refractivity contribution >= 4 is 23.0 Å². The van der Waals surface area contributed by atoms with Crippen molar-refractivity contribution < 1.29 is 14.5 Å². The number of ether oxygens (including phenoxy) is 1. The van der Waals surface area contributed by atoms with E-state index in [0.717, 1.165) is 0 Å². The molecule has 1 rings (SSSR count). The number of nitrogens with one attached hydrogen (secondary N) is 1. The molecule has 3 N–H and O–H groups in total. The number of non-ortho nitro benzene ring substituents is 1. The summed E-state index contributed by atoms with van der Waals surface area (Å²) < 4.78 is 4.72. The molecule has 1 aromatic rings. The minimum Gasteiger partial charge on any atom is -0.461 e. The van der Waals surface area contributed by atoms with E-state index in [1.165, 1.54) is 18.2 Å². The SMILES string of the molecule is C=C(Nc1cc([N+](=O)[O-])ccc1N)C(=O)OCC. The Morgan fingerprint density at radius 3 is 2.83 bits per heavy atom. The van der Waals surface area contributed by atoms with E-state index in [9.17, 15) is 14.9 Å². The molecule has 0 aliphatic heterocycles. The van der Waals surface area contributed by atoms with Crippen LogP contribution in [0.4, 0.5) is 17.1 Å². The molecule has 0 bridgehead atoms. The predicted molar refractivity (Wildman–Crippen MR) is 66.9 cm³/mol. The van der Waals surface area contributed by atoms with Crippen molar-refractivity contribution in [3.8, 4) is 0 Å². The smallest absolute Gasteiger partial charge is 0.354 e. The average molecular weight is 251 g/mol. The Balaban J connectivity index is 2.90. The van der Waals surface area contributed by atoms with Crippen LogP contribution >= 0.6 is 0 Å². The van der Waals surface area contributed by atoms with Gasteiger partial charge in [0.15, 0.2) is 0 Å². The van der Waals surface area contributed by atoms with Gasteiger partial charge in [0, 0.05) is 12.1 Å². The first-order valence-electron chi connectivity index (χ1n) is 5.12. The van der Waals surface area contributed by atoms with Crippen LogP contribution in [0, 0.1) is 10.1 Å². The number of rotatable bonds is 5. The minimum atomic E-state index is -0.636. The molecule has 96 valence electrons. The molecule has 0 radical (unpaired) electrons. The topological polar surface area (TPSA) is 107 Å². The van der Waals surface area contributed by atoms with Crippen molar-refractivity contribution in [3.63, 3.8) is 0 Å². The second-order valence-corrected chi connectivity index (χ2v) is 3.35. The first-order valence-corrected chi connectivity index (χ1v) is 5.12. The highest BCUT2D eigenvalue weighted by molar-refractivity contribution is 5.92. The summed E-state index contributed by atoms with van der Waals surface area (Å²) in [6, 6.07) is 3.87. The maximum Gasteiger partial charge on any atom is 0.354 e. The molecule has 0 unspecified atom stereocenters. The van der Waals surface area contributed by atoms with Gasteiger partial charge in [0.25, 0.3) is 5.69 Å². The van der Waals surface area contributed by atoms with Crippen molar-refractivity contribution in [1.29, 1.82) is 0 Å². The van der Waals surface area contributed by atoms with Gasteiger partial charge in [-0.1, -0.05) is 6.58 Å². The van der Waals surface area contributed by atoms with Crippen molar-refractivity contribution in [2.75, 3.05) is 17.7 Å². The molecule has 0 aromatic heterocycles. The molecule has 0 spiro atoms. The van der Waals surface area contributed by atoms with E-state index < -0.39 is 10.9 Å². The van der Waals surface area contributed by atoms with Gasteiger partial charge in [-0.25, -0.2) is 4.79 Å². The van der Waals surface area contributed by atoms with Gasteiger partial charge in [-0.3, -0.25) is 10.1 Å². The number of nitrogens with two attached hydrogens (primary N) is 1. The third kappa shape index (κ3) is 3.21. The van der Waals surface area contributed by atoms with Crippen molar-refractivity contribution in [3.05, 3.63) is 40.6 Å². The second-order valence-electron chi connectivity index (χ2n) is 3.35. The Labute approximate surface area is 103 Å². The molecule has 0 aliphatic rings. The second kappa shape index (κ2) is 5.67. The van der Waals surface area contributed by atoms with Crippen LogP contribution in [0.15, 0.2) is 30.5 Å². The third-order valence-corrected chi connectivity index (χ3v) is 2.06. The zero-order valence-electron chi connectivity index (χ0n) is 9.80. The van der Waals surface area contributed by atoms with Crippen LogP contribution in [-0.4, -0.2) is 17.5 Å². The Morgan fingerprint density at radius 2 is 2.28 bits per heavy atom. The van der Waals surface area contributed by atoms with Crippen molar-refractivity contribution in [2.45, 2.75) is 6.92 Å². The van der Waals surface area contributed by atoms with Crippen molar-refractivity contribution in [2.24, 2.45) is 0 Å². The van der Waals surface area contributed by atoms with Gasteiger partial charge < -0.3 is 15.8 Å². The number of nitro benzene ring substituents is 1. The Bertz CT molecular complexity index is 499. The lowest BCUT2D eigenvalue weighted by atomic mass is 10.2. The summed E-state index contributed by atoms with van der Waals surface area (Å²) in [4.78, 5) is 21.4. The van der Waals surface area contributed by atoms with E-state index in [2.05, 4.69) is 11.9 Å². The molecule has 0 amide bonds. The molecule has 18 heavy (non-hydrogen) atoms. The summed E-state index contributed by atoms with van der Waals surface area (Å²) in [5.41, 5.74) is 5.97. The van der Waals surface area contributed by atoms with E-state index in [4.69, 9.17) is 10.5 Å². The lowest BCUT2D eigenvalue weighted by molar-refractivity contribution is -0.384. The molecule has 0 heterocycles. The number of anilines is 2. The van der Waals surface area contributed by atoms with Gasteiger partial charge in [-0.2, -0.15) is 0 Å². The number of nitrogen functional groups attached to an aromatic ring is 1. The predicted octanol–water partition coefficient (Wildman–Crippen LogP) is 1.67. The summed E-state index contributed by atoms with van der Waals surface area (Å²) in [6.07, 6.45) is 0. The van der Waals surface area contributed by atoms with Crippen LogP contribution in [0.1, 0.15) is 6.92 Å². The largest absolute Gasteiger partial charge is 0.461 e. The average Bonchev–Trinajstić information content (AvgIpc) is 2.31. The van der Waals surface area contributed by atoms with Gasteiger partial charge >= 0.3 is 5.97 Å². The fourth-order valence-corrected chi connectivity index (χ4v) is 1.20. The highest BCUT2D eigenvalue weighted by atomic mass is 16.6. The van der Waals surface area contributed by atoms with Gasteiger partial charge in [0.05, 0.1) is 22.9 Å².